The molecule has 9 aromatic carbocycles. The number of para-hydroxylation sites is 2. The molecule has 11 heteroatoms. The van der Waals surface area contributed by atoms with Gasteiger partial charge in [0.1, 0.15) is 40.1 Å². The van der Waals surface area contributed by atoms with Gasteiger partial charge >= 0.3 is 0 Å². The molecule has 0 fully saturated rings. The molecule has 7 heterocycles. The van der Waals surface area contributed by atoms with Crippen molar-refractivity contribution in [2.45, 2.75) is 13.1 Å². The van der Waals surface area contributed by atoms with Crippen LogP contribution in [0.25, 0.3) is 72.3 Å². The Kier molecular flexibility index (Phi) is 9.00. The monoisotopic (exact) mass is 1140 g/mol. The molecule has 16 rings (SSSR count). The summed E-state index contributed by atoms with van der Waals surface area (Å²) >= 11 is 0. The molecule has 0 amide bonds. The standard InChI is InChI=1S/C62H37BN4O4Si.Pt/c1-72(2)53-31-30-41(34-46(53)66-36-65(45-24-11-29-54(72)60(45)66)59-42(37-15-5-3-6-16-37)21-10-22-43(59)38-17-7-4-8-18-38)68-40-20-9-19-39(33-40)67-47-35-52-58-61(55(47)44-23-14-32-64-62(44)67)71-51-28-13-26-49-57(51)63(58)56-48(69-49)25-12-27-50(56)70-52;/h3-32,35H,1-2H3;/q-2;. The Morgan fingerprint density at radius 2 is 1.23 bits per heavy atom. The van der Waals surface area contributed by atoms with Gasteiger partial charge in [-0.1, -0.05) is 133 Å². The molecule has 0 bridgehead atoms. The van der Waals surface area contributed by atoms with Gasteiger partial charge in [-0.25, -0.2) is 4.98 Å². The molecule has 0 unspecified atom stereocenters. The Hall–Kier alpha value is -8.43. The molecule has 0 spiro atoms. The van der Waals surface area contributed by atoms with E-state index in [9.17, 15) is 0 Å². The molecule has 4 aliphatic heterocycles. The predicted octanol–water partition coefficient (Wildman–Crippen LogP) is 10.9. The summed E-state index contributed by atoms with van der Waals surface area (Å²) in [7, 11) is -2.26. The Morgan fingerprint density at radius 1 is 0.589 bits per heavy atom. The predicted molar refractivity (Wildman–Crippen MR) is 285 cm³/mol. The van der Waals surface area contributed by atoms with Crippen molar-refractivity contribution in [1.29, 1.82) is 0 Å². The van der Waals surface area contributed by atoms with E-state index >= 15 is 0 Å². The Balaban J connectivity index is 0.00000473. The summed E-state index contributed by atoms with van der Waals surface area (Å²) in [6.45, 7) is 4.75. The maximum atomic E-state index is 6.96. The molecule has 4 aliphatic rings. The van der Waals surface area contributed by atoms with E-state index in [1.165, 1.54) is 10.4 Å². The largest absolute Gasteiger partial charge is 0.510 e. The van der Waals surface area contributed by atoms with Crippen molar-refractivity contribution in [2.24, 2.45) is 0 Å². The van der Waals surface area contributed by atoms with Gasteiger partial charge in [-0.05, 0) is 64.3 Å². The van der Waals surface area contributed by atoms with Gasteiger partial charge in [0.25, 0.3) is 13.0 Å². The van der Waals surface area contributed by atoms with Gasteiger partial charge in [-0.3, -0.25) is 4.57 Å². The molecular formula is C62H37BN4O4PtSi-2. The van der Waals surface area contributed by atoms with Crippen molar-refractivity contribution >= 4 is 74.5 Å². The average molecular weight is 1140 g/mol. The first-order valence-corrected chi connectivity index (χ1v) is 27.2. The maximum Gasteiger partial charge on any atom is 0.270 e. The third-order valence-corrected chi connectivity index (χ3v) is 18.6. The van der Waals surface area contributed by atoms with E-state index in [-0.39, 0.29) is 27.8 Å². The van der Waals surface area contributed by atoms with Gasteiger partial charge in [-0.15, -0.1) is 35.5 Å². The van der Waals surface area contributed by atoms with Gasteiger partial charge < -0.3 is 28.1 Å². The molecule has 0 saturated heterocycles. The number of rotatable bonds is 6. The second kappa shape index (κ2) is 15.5. The third-order valence-electron chi connectivity index (χ3n) is 15.1. The van der Waals surface area contributed by atoms with Crippen molar-refractivity contribution in [3.63, 3.8) is 0 Å². The molecule has 12 aromatic rings. The minimum absolute atomic E-state index is 0. The van der Waals surface area contributed by atoms with Crippen molar-refractivity contribution < 1.29 is 44.6 Å². The Labute approximate surface area is 435 Å². The molecule has 73 heavy (non-hydrogen) atoms. The van der Waals surface area contributed by atoms with Crippen LogP contribution in [0, 0.1) is 18.5 Å². The summed E-state index contributed by atoms with van der Waals surface area (Å²) in [5, 5.41) is 4.52. The smallest absolute Gasteiger partial charge is 0.270 e. The van der Waals surface area contributed by atoms with Crippen molar-refractivity contribution in [3.8, 4) is 85.3 Å². The Morgan fingerprint density at radius 3 is 1.96 bits per heavy atom. The summed E-state index contributed by atoms with van der Waals surface area (Å²) in [6, 6.07) is 70.5. The van der Waals surface area contributed by atoms with E-state index < -0.39 is 8.07 Å². The molecule has 0 saturated carbocycles. The molecule has 348 valence electrons. The summed E-state index contributed by atoms with van der Waals surface area (Å²) in [6.07, 6.45) is 5.72. The van der Waals surface area contributed by atoms with Crippen LogP contribution in [0.15, 0.2) is 188 Å². The van der Waals surface area contributed by atoms with Crippen LogP contribution in [-0.2, 0) is 21.1 Å². The zero-order valence-electron chi connectivity index (χ0n) is 39.2. The molecule has 3 aromatic heterocycles. The maximum absolute atomic E-state index is 6.96. The van der Waals surface area contributed by atoms with Crippen LogP contribution < -0.4 is 50.3 Å². The number of benzene rings is 9. The van der Waals surface area contributed by atoms with Crippen LogP contribution in [-0.4, -0.2) is 28.9 Å². The van der Waals surface area contributed by atoms with E-state index in [4.69, 9.17) is 23.9 Å². The van der Waals surface area contributed by atoms with Crippen molar-refractivity contribution in [3.05, 3.63) is 207 Å². The normalized spacial score (nSPS) is 13.6. The van der Waals surface area contributed by atoms with E-state index in [0.29, 0.717) is 11.5 Å². The van der Waals surface area contributed by atoms with Crippen LogP contribution in [0.5, 0.6) is 46.0 Å². The second-order valence-electron chi connectivity index (χ2n) is 19.4. The number of hydrogen-bond acceptors (Lipinski definition) is 5. The van der Waals surface area contributed by atoms with Crippen LogP contribution in [0.4, 0.5) is 0 Å². The topological polar surface area (TPSA) is 63.6 Å². The number of fused-ring (bicyclic) bond motifs is 6. The number of nitrogens with zero attached hydrogens (tertiary/aromatic N) is 4. The van der Waals surface area contributed by atoms with Crippen LogP contribution in [0.3, 0.4) is 0 Å². The van der Waals surface area contributed by atoms with Crippen molar-refractivity contribution in [1.82, 2.24) is 14.1 Å². The molecule has 8 nitrogen and oxygen atoms in total. The van der Waals surface area contributed by atoms with Gasteiger partial charge in [0.15, 0.2) is 0 Å². The first-order chi connectivity index (χ1) is 35.5. The zero-order valence-corrected chi connectivity index (χ0v) is 42.5. The first kappa shape index (κ1) is 42.3. The summed E-state index contributed by atoms with van der Waals surface area (Å²) in [4.78, 5) is 5.00. The number of hydrogen-bond donors (Lipinski definition) is 0. The van der Waals surface area contributed by atoms with Gasteiger partial charge in [-0.2, -0.15) is 12.1 Å². The summed E-state index contributed by atoms with van der Waals surface area (Å²) < 4.78 is 33.6. The molecule has 0 radical (unpaired) electrons. The van der Waals surface area contributed by atoms with Gasteiger partial charge in [0, 0.05) is 74.7 Å². The van der Waals surface area contributed by atoms with E-state index in [1.807, 2.05) is 72.9 Å². The van der Waals surface area contributed by atoms with Gasteiger partial charge in [0.05, 0.1) is 27.6 Å². The minimum atomic E-state index is -2.26. The average Bonchev–Trinajstić information content (AvgIpc) is 3.97. The van der Waals surface area contributed by atoms with Crippen LogP contribution in [0.2, 0.25) is 13.1 Å². The fourth-order valence-electron chi connectivity index (χ4n) is 12.0. The number of imidazole rings is 1. The molecular weight excluding hydrogens is 1100 g/mol. The Bertz CT molecular complexity index is 4270. The SMILES string of the molecule is C[Si]1(C)c2ccc(Oc3[c-]c(-n4c5cc6c7c(c5c5cccnc54)Oc4cccc5c4B7c4c(cccc4O6)O5)ccc3)[c-]c2-n2[c-][n+](-c3c(-c4ccccc4)cccc3-c3ccccc3)c3cccc1c32.[Pt]. The molecule has 0 aliphatic carbocycles. The van der Waals surface area contributed by atoms with Crippen LogP contribution >= 0.6 is 0 Å². The van der Waals surface area contributed by atoms with E-state index in [1.54, 1.807) is 0 Å². The number of ether oxygens (including phenoxy) is 4. The first-order valence-electron chi connectivity index (χ1n) is 24.2. The van der Waals surface area contributed by atoms with Gasteiger partial charge in [0.2, 0.25) is 0 Å². The number of aromatic nitrogens is 4. The van der Waals surface area contributed by atoms with Crippen LogP contribution in [0.1, 0.15) is 0 Å². The second-order valence-corrected chi connectivity index (χ2v) is 23.7. The van der Waals surface area contributed by atoms with E-state index in [0.717, 1.165) is 123 Å². The third kappa shape index (κ3) is 5.93. The molecule has 0 N–H and O–H groups in total. The summed E-state index contributed by atoms with van der Waals surface area (Å²) in [5.74, 6) is 5.77. The fourth-order valence-corrected chi connectivity index (χ4v) is 14.9. The van der Waals surface area contributed by atoms with E-state index in [2.05, 4.69) is 161 Å². The summed E-state index contributed by atoms with van der Waals surface area (Å²) in [5.41, 5.74) is 14.2. The quantitative estimate of drug-likeness (QED) is 0.0943. The zero-order chi connectivity index (χ0) is 47.4. The number of pyridine rings is 1. The fraction of sp³-hybridized carbons (Fsp3) is 0.0323. The molecule has 0 atom stereocenters. The minimum Gasteiger partial charge on any atom is -0.510 e. The van der Waals surface area contributed by atoms with Crippen molar-refractivity contribution in [2.75, 3.05) is 0 Å².